The number of sulfonamides is 1. The Kier molecular flexibility index (Phi) is 4.42. The molecule has 0 heterocycles. The molecule has 18 heavy (non-hydrogen) atoms. The fourth-order valence-corrected chi connectivity index (χ4v) is 2.59. The van der Waals surface area contributed by atoms with Crippen molar-refractivity contribution in [3.8, 4) is 0 Å². The summed E-state index contributed by atoms with van der Waals surface area (Å²) in [6.45, 7) is 5.58. The smallest absolute Gasteiger partial charge is 0.258 e. The summed E-state index contributed by atoms with van der Waals surface area (Å²) in [4.78, 5) is 9.93. The third kappa shape index (κ3) is 3.51. The van der Waals surface area contributed by atoms with Crippen LogP contribution >= 0.6 is 0 Å². The second-order valence-corrected chi connectivity index (χ2v) is 6.12. The molecular formula is C11H16N2O4S. The van der Waals surface area contributed by atoms with Gasteiger partial charge in [0, 0.05) is 18.2 Å². The first-order valence-electron chi connectivity index (χ1n) is 5.51. The van der Waals surface area contributed by atoms with E-state index >= 15 is 0 Å². The van der Waals surface area contributed by atoms with Crippen LogP contribution in [0, 0.1) is 16.0 Å². The molecule has 0 saturated carbocycles. The number of nitrogens with zero attached hydrogens (tertiary/aromatic N) is 1. The number of benzene rings is 1. The predicted molar refractivity (Wildman–Crippen MR) is 67.7 cm³/mol. The van der Waals surface area contributed by atoms with Gasteiger partial charge in [0.05, 0.1) is 9.82 Å². The Morgan fingerprint density at radius 3 is 2.06 bits per heavy atom. The SMILES string of the molecule is CC(C)[C@H](C)NS(=O)(=O)c1ccc([N+](=O)[O-])cc1. The molecule has 0 saturated heterocycles. The second-order valence-electron chi connectivity index (χ2n) is 4.40. The molecule has 0 fully saturated rings. The molecule has 0 unspecified atom stereocenters. The summed E-state index contributed by atoms with van der Waals surface area (Å²) in [5.41, 5.74) is -0.133. The van der Waals surface area contributed by atoms with E-state index in [9.17, 15) is 18.5 Å². The minimum atomic E-state index is -3.62. The summed E-state index contributed by atoms with van der Waals surface area (Å²) in [5, 5.41) is 10.5. The quantitative estimate of drug-likeness (QED) is 0.655. The first-order chi connectivity index (χ1) is 8.24. The first-order valence-corrected chi connectivity index (χ1v) is 6.99. The number of hydrogen-bond acceptors (Lipinski definition) is 4. The van der Waals surface area contributed by atoms with Crippen LogP contribution in [0.4, 0.5) is 5.69 Å². The molecule has 0 aromatic heterocycles. The lowest BCUT2D eigenvalue weighted by Crippen LogP contribution is -2.36. The van der Waals surface area contributed by atoms with E-state index in [0.29, 0.717) is 0 Å². The second kappa shape index (κ2) is 5.45. The van der Waals surface area contributed by atoms with Crippen molar-refractivity contribution < 1.29 is 13.3 Å². The van der Waals surface area contributed by atoms with E-state index in [-0.39, 0.29) is 22.5 Å². The average molecular weight is 272 g/mol. The number of nitro groups is 1. The zero-order valence-electron chi connectivity index (χ0n) is 10.5. The molecule has 0 aliphatic rings. The highest BCUT2D eigenvalue weighted by molar-refractivity contribution is 7.89. The molecule has 1 rings (SSSR count). The highest BCUT2D eigenvalue weighted by atomic mass is 32.2. The van der Waals surface area contributed by atoms with Gasteiger partial charge < -0.3 is 0 Å². The minimum Gasteiger partial charge on any atom is -0.258 e. The van der Waals surface area contributed by atoms with Gasteiger partial charge in [-0.1, -0.05) is 13.8 Å². The normalized spacial score (nSPS) is 13.6. The van der Waals surface area contributed by atoms with E-state index in [4.69, 9.17) is 0 Å². The Balaban J connectivity index is 2.95. The van der Waals surface area contributed by atoms with Crippen molar-refractivity contribution in [3.05, 3.63) is 34.4 Å². The van der Waals surface area contributed by atoms with E-state index in [2.05, 4.69) is 4.72 Å². The zero-order valence-corrected chi connectivity index (χ0v) is 11.3. The number of rotatable bonds is 5. The van der Waals surface area contributed by atoms with Crippen molar-refractivity contribution >= 4 is 15.7 Å². The van der Waals surface area contributed by atoms with Crippen LogP contribution in [0.2, 0.25) is 0 Å². The van der Waals surface area contributed by atoms with Gasteiger partial charge in [-0.2, -0.15) is 0 Å². The Morgan fingerprint density at radius 1 is 1.17 bits per heavy atom. The number of non-ortho nitro benzene ring substituents is 1. The van der Waals surface area contributed by atoms with Gasteiger partial charge in [-0.15, -0.1) is 0 Å². The predicted octanol–water partition coefficient (Wildman–Crippen LogP) is 1.92. The van der Waals surface area contributed by atoms with Gasteiger partial charge in [-0.25, -0.2) is 13.1 Å². The molecule has 0 spiro atoms. The number of nitro benzene ring substituents is 1. The summed E-state index contributed by atoms with van der Waals surface area (Å²) in [7, 11) is -3.62. The van der Waals surface area contributed by atoms with E-state index in [0.717, 1.165) is 0 Å². The van der Waals surface area contributed by atoms with Crippen LogP contribution in [0.3, 0.4) is 0 Å². The van der Waals surface area contributed by atoms with Crippen LogP contribution < -0.4 is 4.72 Å². The van der Waals surface area contributed by atoms with E-state index in [1.165, 1.54) is 24.3 Å². The summed E-state index contributed by atoms with van der Waals surface area (Å²) in [5.74, 6) is 0.165. The van der Waals surface area contributed by atoms with E-state index in [1.807, 2.05) is 13.8 Å². The van der Waals surface area contributed by atoms with Crippen molar-refractivity contribution in [2.24, 2.45) is 5.92 Å². The average Bonchev–Trinajstić information content (AvgIpc) is 2.28. The van der Waals surface area contributed by atoms with E-state index in [1.54, 1.807) is 6.92 Å². The van der Waals surface area contributed by atoms with Gasteiger partial charge in [-0.05, 0) is 25.0 Å². The monoisotopic (exact) mass is 272 g/mol. The van der Waals surface area contributed by atoms with Gasteiger partial charge in [0.1, 0.15) is 0 Å². The molecule has 0 aliphatic heterocycles. The fraction of sp³-hybridized carbons (Fsp3) is 0.455. The standard InChI is InChI=1S/C11H16N2O4S/c1-8(2)9(3)12-18(16,17)11-6-4-10(5-7-11)13(14)15/h4-9,12H,1-3H3/t9-/m0/s1. The molecular weight excluding hydrogens is 256 g/mol. The fourth-order valence-electron chi connectivity index (χ4n) is 1.20. The molecule has 6 nitrogen and oxygen atoms in total. The van der Waals surface area contributed by atoms with Crippen LogP contribution in [-0.2, 0) is 10.0 Å². The molecule has 7 heteroatoms. The van der Waals surface area contributed by atoms with Crippen LogP contribution in [0.15, 0.2) is 29.2 Å². The van der Waals surface area contributed by atoms with Crippen molar-refractivity contribution in [3.63, 3.8) is 0 Å². The molecule has 1 atom stereocenters. The van der Waals surface area contributed by atoms with Crippen LogP contribution in [-0.4, -0.2) is 19.4 Å². The van der Waals surface area contributed by atoms with Gasteiger partial charge in [-0.3, -0.25) is 10.1 Å². The third-order valence-electron chi connectivity index (χ3n) is 2.70. The molecule has 0 radical (unpaired) electrons. The Bertz CT molecular complexity index is 522. The lowest BCUT2D eigenvalue weighted by Gasteiger charge is -2.17. The molecule has 0 aliphatic carbocycles. The summed E-state index contributed by atoms with van der Waals surface area (Å²) >= 11 is 0. The Hall–Kier alpha value is -1.47. The van der Waals surface area contributed by atoms with E-state index < -0.39 is 14.9 Å². The zero-order chi connectivity index (χ0) is 13.9. The minimum absolute atomic E-state index is 0.0283. The van der Waals surface area contributed by atoms with Gasteiger partial charge in [0.2, 0.25) is 10.0 Å². The van der Waals surface area contributed by atoms with Crippen LogP contribution in [0.1, 0.15) is 20.8 Å². The summed E-state index contributed by atoms with van der Waals surface area (Å²) < 4.78 is 26.4. The van der Waals surface area contributed by atoms with Gasteiger partial charge in [0.25, 0.3) is 5.69 Å². The van der Waals surface area contributed by atoms with Crippen molar-refractivity contribution in [2.75, 3.05) is 0 Å². The number of hydrogen-bond donors (Lipinski definition) is 1. The highest BCUT2D eigenvalue weighted by Crippen LogP contribution is 2.16. The lowest BCUT2D eigenvalue weighted by molar-refractivity contribution is -0.384. The van der Waals surface area contributed by atoms with Gasteiger partial charge >= 0.3 is 0 Å². The largest absolute Gasteiger partial charge is 0.269 e. The number of nitrogens with one attached hydrogen (secondary N) is 1. The molecule has 1 aromatic rings. The van der Waals surface area contributed by atoms with Crippen LogP contribution in [0.25, 0.3) is 0 Å². The topological polar surface area (TPSA) is 89.3 Å². The van der Waals surface area contributed by atoms with Crippen LogP contribution in [0.5, 0.6) is 0 Å². The lowest BCUT2D eigenvalue weighted by atomic mass is 10.1. The molecule has 100 valence electrons. The van der Waals surface area contributed by atoms with Crippen molar-refractivity contribution in [2.45, 2.75) is 31.7 Å². The summed E-state index contributed by atoms with van der Waals surface area (Å²) in [6, 6.07) is 4.61. The first kappa shape index (κ1) is 14.6. The highest BCUT2D eigenvalue weighted by Gasteiger charge is 2.19. The maximum Gasteiger partial charge on any atom is 0.269 e. The molecule has 0 bridgehead atoms. The van der Waals surface area contributed by atoms with Crippen molar-refractivity contribution in [1.82, 2.24) is 4.72 Å². The van der Waals surface area contributed by atoms with Crippen molar-refractivity contribution in [1.29, 1.82) is 0 Å². The Labute approximate surface area is 106 Å². The Morgan fingerprint density at radius 2 is 1.67 bits per heavy atom. The maximum absolute atomic E-state index is 11.9. The molecule has 1 aromatic carbocycles. The third-order valence-corrected chi connectivity index (χ3v) is 4.27. The maximum atomic E-state index is 11.9. The molecule has 1 N–H and O–H groups in total. The van der Waals surface area contributed by atoms with Gasteiger partial charge in [0.15, 0.2) is 0 Å². The summed E-state index contributed by atoms with van der Waals surface area (Å²) in [6.07, 6.45) is 0. The molecule has 0 amide bonds.